The number of hydrogen-bond donors (Lipinski definition) is 1. The Balaban J connectivity index is 2.36. The van der Waals surface area contributed by atoms with Crippen molar-refractivity contribution in [2.45, 2.75) is 25.8 Å². The fourth-order valence-corrected chi connectivity index (χ4v) is 4.24. The smallest absolute Gasteiger partial charge is 0.282 e. The van der Waals surface area contributed by atoms with Gasteiger partial charge in [0, 0.05) is 20.1 Å². The van der Waals surface area contributed by atoms with Crippen molar-refractivity contribution in [3.05, 3.63) is 35.4 Å². The highest BCUT2D eigenvalue weighted by Gasteiger charge is 2.36. The fraction of sp³-hybridized carbons (Fsp3) is 0.571. The lowest BCUT2D eigenvalue weighted by Gasteiger charge is -2.31. The molecule has 0 radical (unpaired) electrons. The third-order valence-electron chi connectivity index (χ3n) is 3.90. The quantitative estimate of drug-likeness (QED) is 0.857. The molecular formula is C14H22N2O3S. The number of benzene rings is 1. The van der Waals surface area contributed by atoms with Gasteiger partial charge in [-0.2, -0.15) is 17.0 Å². The van der Waals surface area contributed by atoms with Crippen LogP contribution in [0.3, 0.4) is 0 Å². The molecule has 20 heavy (non-hydrogen) atoms. The Labute approximate surface area is 121 Å². The van der Waals surface area contributed by atoms with Gasteiger partial charge in [0.2, 0.25) is 0 Å². The number of hydrogen-bond acceptors (Lipinski definition) is 3. The first-order valence-electron chi connectivity index (χ1n) is 6.94. The Morgan fingerprint density at radius 3 is 2.70 bits per heavy atom. The highest BCUT2D eigenvalue weighted by molar-refractivity contribution is 7.86. The van der Waals surface area contributed by atoms with Crippen LogP contribution in [0.25, 0.3) is 0 Å². The minimum absolute atomic E-state index is 0.131. The topological polar surface area (TPSA) is 60.9 Å². The molecular weight excluding hydrogens is 276 g/mol. The van der Waals surface area contributed by atoms with Crippen LogP contribution >= 0.6 is 0 Å². The second-order valence-corrected chi connectivity index (χ2v) is 7.00. The molecule has 1 aromatic carbocycles. The van der Waals surface area contributed by atoms with Gasteiger partial charge in [0.1, 0.15) is 0 Å². The number of nitrogens with zero attached hydrogens (tertiary/aromatic N) is 2. The maximum Gasteiger partial charge on any atom is 0.282 e. The fourth-order valence-electron chi connectivity index (χ4n) is 2.71. The number of aliphatic hydroxyl groups is 1. The van der Waals surface area contributed by atoms with Crippen LogP contribution in [0.15, 0.2) is 24.3 Å². The summed E-state index contributed by atoms with van der Waals surface area (Å²) < 4.78 is 27.9. The van der Waals surface area contributed by atoms with E-state index < -0.39 is 10.2 Å². The van der Waals surface area contributed by atoms with Gasteiger partial charge in [0.25, 0.3) is 10.2 Å². The number of fused-ring (bicyclic) bond motifs is 1. The summed E-state index contributed by atoms with van der Waals surface area (Å²) in [6, 6.07) is 7.77. The van der Waals surface area contributed by atoms with E-state index in [1.165, 1.54) is 14.2 Å². The zero-order valence-corrected chi connectivity index (χ0v) is 12.8. The normalized spacial score (nSPS) is 18.8. The lowest BCUT2D eigenvalue weighted by Crippen LogP contribution is -2.44. The molecule has 0 aliphatic heterocycles. The van der Waals surface area contributed by atoms with Crippen LogP contribution in [0.2, 0.25) is 0 Å². The predicted octanol–water partition coefficient (Wildman–Crippen LogP) is 1.16. The summed E-state index contributed by atoms with van der Waals surface area (Å²) in [6.45, 7) is 2.18. The van der Waals surface area contributed by atoms with E-state index in [1.54, 1.807) is 14.0 Å². The van der Waals surface area contributed by atoms with Gasteiger partial charge >= 0.3 is 0 Å². The van der Waals surface area contributed by atoms with E-state index in [4.69, 9.17) is 0 Å². The van der Waals surface area contributed by atoms with Gasteiger partial charge in [-0.15, -0.1) is 0 Å². The molecule has 0 spiro atoms. The van der Waals surface area contributed by atoms with Crippen LogP contribution in [-0.4, -0.2) is 48.9 Å². The Bertz CT molecular complexity index is 559. The summed E-state index contributed by atoms with van der Waals surface area (Å²) in [4.78, 5) is 0. The number of aliphatic hydroxyl groups excluding tert-OH is 1. The van der Waals surface area contributed by atoms with Crippen LogP contribution in [0.4, 0.5) is 0 Å². The Morgan fingerprint density at radius 1 is 1.35 bits per heavy atom. The van der Waals surface area contributed by atoms with Gasteiger partial charge < -0.3 is 5.11 Å². The zero-order chi connectivity index (χ0) is 14.8. The molecule has 112 valence electrons. The molecule has 0 aromatic heterocycles. The second-order valence-electron chi connectivity index (χ2n) is 5.01. The van der Waals surface area contributed by atoms with Crippen LogP contribution < -0.4 is 0 Å². The van der Waals surface area contributed by atoms with Crippen molar-refractivity contribution in [2.75, 3.05) is 26.7 Å². The van der Waals surface area contributed by atoms with Gasteiger partial charge in [-0.25, -0.2) is 0 Å². The molecule has 0 bridgehead atoms. The monoisotopic (exact) mass is 298 g/mol. The second kappa shape index (κ2) is 6.22. The Morgan fingerprint density at radius 2 is 2.05 bits per heavy atom. The molecule has 0 heterocycles. The molecule has 2 rings (SSSR count). The van der Waals surface area contributed by atoms with Crippen molar-refractivity contribution in [3.63, 3.8) is 0 Å². The van der Waals surface area contributed by atoms with Gasteiger partial charge in [-0.3, -0.25) is 0 Å². The Hall–Kier alpha value is -0.950. The number of aryl methyl sites for hydroxylation is 1. The molecule has 1 aliphatic carbocycles. The van der Waals surface area contributed by atoms with Crippen molar-refractivity contribution in [1.82, 2.24) is 8.61 Å². The average Bonchev–Trinajstić information content (AvgIpc) is 2.87. The lowest BCUT2D eigenvalue weighted by molar-refractivity contribution is 0.217. The highest BCUT2D eigenvalue weighted by atomic mass is 32.2. The zero-order valence-electron chi connectivity index (χ0n) is 12.0. The van der Waals surface area contributed by atoms with E-state index in [2.05, 4.69) is 0 Å². The maximum atomic E-state index is 12.6. The summed E-state index contributed by atoms with van der Waals surface area (Å²) in [6.07, 6.45) is 1.66. The van der Waals surface area contributed by atoms with Crippen molar-refractivity contribution in [3.8, 4) is 0 Å². The predicted molar refractivity (Wildman–Crippen MR) is 78.5 cm³/mol. The van der Waals surface area contributed by atoms with Crippen molar-refractivity contribution in [2.24, 2.45) is 0 Å². The van der Waals surface area contributed by atoms with Gasteiger partial charge in [-0.05, 0) is 24.0 Å². The molecule has 1 atom stereocenters. The average molecular weight is 298 g/mol. The molecule has 1 aliphatic rings. The molecule has 0 saturated heterocycles. The molecule has 0 amide bonds. The first kappa shape index (κ1) is 15.4. The summed E-state index contributed by atoms with van der Waals surface area (Å²) in [5, 5.41) is 9.24. The maximum absolute atomic E-state index is 12.6. The van der Waals surface area contributed by atoms with Crippen LogP contribution in [0, 0.1) is 0 Å². The number of rotatable bonds is 6. The van der Waals surface area contributed by atoms with Crippen LogP contribution in [0.1, 0.15) is 30.5 Å². The standard InChI is InChI=1S/C14H22N2O3S/c1-3-15(2)20(18,19)16(10-11-17)14-9-8-12-6-4-5-7-13(12)14/h4-7,14,17H,3,8-11H2,1-2H3. The summed E-state index contributed by atoms with van der Waals surface area (Å²) in [5.74, 6) is 0. The SMILES string of the molecule is CCN(C)S(=O)(=O)N(CCO)C1CCc2ccccc21. The van der Waals surface area contributed by atoms with Crippen LogP contribution in [-0.2, 0) is 16.6 Å². The van der Waals surface area contributed by atoms with Gasteiger partial charge in [-0.1, -0.05) is 31.2 Å². The van der Waals surface area contributed by atoms with E-state index in [1.807, 2.05) is 24.3 Å². The largest absolute Gasteiger partial charge is 0.395 e. The van der Waals surface area contributed by atoms with E-state index in [9.17, 15) is 13.5 Å². The first-order valence-corrected chi connectivity index (χ1v) is 8.33. The summed E-state index contributed by atoms with van der Waals surface area (Å²) in [5.41, 5.74) is 2.27. The van der Waals surface area contributed by atoms with Crippen LogP contribution in [0.5, 0.6) is 0 Å². The molecule has 6 heteroatoms. The molecule has 1 aromatic rings. The van der Waals surface area contributed by atoms with Crippen molar-refractivity contribution < 1.29 is 13.5 Å². The summed E-state index contributed by atoms with van der Waals surface area (Å²) >= 11 is 0. The van der Waals surface area contributed by atoms with E-state index >= 15 is 0 Å². The first-order chi connectivity index (χ1) is 9.52. The summed E-state index contributed by atoms with van der Waals surface area (Å²) in [7, 11) is -1.96. The van der Waals surface area contributed by atoms with Gasteiger partial charge in [0.05, 0.1) is 12.6 Å². The molecule has 5 nitrogen and oxygen atoms in total. The third-order valence-corrected chi connectivity index (χ3v) is 5.98. The Kier molecular flexibility index (Phi) is 4.80. The van der Waals surface area contributed by atoms with E-state index in [0.717, 1.165) is 18.4 Å². The third kappa shape index (κ3) is 2.74. The van der Waals surface area contributed by atoms with Crippen molar-refractivity contribution >= 4 is 10.2 Å². The highest BCUT2D eigenvalue weighted by Crippen LogP contribution is 2.37. The minimum atomic E-state index is -3.53. The molecule has 1 unspecified atom stereocenters. The van der Waals surface area contributed by atoms with E-state index in [0.29, 0.717) is 6.54 Å². The molecule has 0 saturated carbocycles. The lowest BCUT2D eigenvalue weighted by atomic mass is 10.1. The minimum Gasteiger partial charge on any atom is -0.395 e. The van der Waals surface area contributed by atoms with Gasteiger partial charge in [0.15, 0.2) is 0 Å². The molecule has 0 fully saturated rings. The molecule has 1 N–H and O–H groups in total. The van der Waals surface area contributed by atoms with E-state index in [-0.39, 0.29) is 19.2 Å². The van der Waals surface area contributed by atoms with Crippen molar-refractivity contribution in [1.29, 1.82) is 0 Å².